The smallest absolute Gasteiger partial charge is 0.426 e. The van der Waals surface area contributed by atoms with Crippen LogP contribution in [0.4, 0.5) is 0 Å². The van der Waals surface area contributed by atoms with Crippen LogP contribution < -0.4 is 16.5 Å². The third kappa shape index (κ3) is 8.77. The first kappa shape index (κ1) is 29.0. The van der Waals surface area contributed by atoms with E-state index >= 15 is 0 Å². The monoisotopic (exact) mass is 521 g/mol. The van der Waals surface area contributed by atoms with Gasteiger partial charge in [0.05, 0.1) is 22.5 Å². The number of aliphatic imine (C=N–C) groups is 1. The number of rotatable bonds is 13. The van der Waals surface area contributed by atoms with E-state index in [9.17, 15) is 33.4 Å². The zero-order chi connectivity index (χ0) is 26.9. The van der Waals surface area contributed by atoms with Crippen LogP contribution in [0.2, 0.25) is 0 Å². The van der Waals surface area contributed by atoms with Crippen LogP contribution in [0.25, 0.3) is 10.8 Å². The second-order valence-electron chi connectivity index (χ2n) is 8.89. The first-order valence-electron chi connectivity index (χ1n) is 11.5. The normalized spacial score (nSPS) is 13.9. The number of nitrogens with two attached hydrogens (primary N) is 1. The van der Waals surface area contributed by atoms with Crippen LogP contribution in [-0.2, 0) is 14.6 Å². The van der Waals surface area contributed by atoms with Gasteiger partial charge in [-0.25, -0.2) is 23.5 Å². The van der Waals surface area contributed by atoms with E-state index in [-0.39, 0.29) is 36.6 Å². The molecule has 2 aromatic carbocycles. The number of fused-ring (bicyclic) bond motifs is 1. The van der Waals surface area contributed by atoms with Gasteiger partial charge in [-0.05, 0) is 36.6 Å². The van der Waals surface area contributed by atoms with E-state index in [1.165, 1.54) is 6.07 Å². The molecule has 0 heterocycles. The van der Waals surface area contributed by atoms with Gasteiger partial charge in [-0.3, -0.25) is 4.79 Å². The highest BCUT2D eigenvalue weighted by atomic mass is 32.2. The van der Waals surface area contributed by atoms with Crippen LogP contribution in [0.15, 0.2) is 52.4 Å². The fraction of sp³-hybridized carbons (Fsp3) is 0.455. The van der Waals surface area contributed by atoms with E-state index in [1.54, 1.807) is 41.8 Å². The van der Waals surface area contributed by atoms with Crippen molar-refractivity contribution in [2.24, 2.45) is 22.6 Å². The van der Waals surface area contributed by atoms with Crippen molar-refractivity contribution < 1.29 is 28.3 Å². The lowest BCUT2D eigenvalue weighted by molar-refractivity contribution is -0.525. The maximum Gasteiger partial charge on any atom is 0.475 e. The van der Waals surface area contributed by atoms with Crippen molar-refractivity contribution in [3.63, 3.8) is 0 Å². The average Bonchev–Trinajstić information content (AvgIpc) is 2.79. The molecule has 196 valence electrons. The maximum absolute atomic E-state index is 13.4. The average molecular weight is 521 g/mol. The molecule has 0 saturated heterocycles. The Kier molecular flexibility index (Phi) is 10.6. The SMILES string of the molecule is CC(C)C[C@H](NC(=O)[C@H](CCCN=C(N)N[N+](=O)[O-])CS(=O)(=O)c1cccc2ccccc12)B(O)O. The number of amides is 1. The predicted molar refractivity (Wildman–Crippen MR) is 137 cm³/mol. The fourth-order valence-electron chi connectivity index (χ4n) is 3.84. The summed E-state index contributed by atoms with van der Waals surface area (Å²) in [5, 5.41) is 32.8. The number of hydrazine groups is 1. The summed E-state index contributed by atoms with van der Waals surface area (Å²) in [6, 6.07) is 11.9. The molecule has 0 aromatic heterocycles. The Labute approximate surface area is 210 Å². The molecule has 2 aromatic rings. The largest absolute Gasteiger partial charge is 0.475 e. The second kappa shape index (κ2) is 13.2. The molecule has 0 bridgehead atoms. The molecule has 0 aliphatic heterocycles. The van der Waals surface area contributed by atoms with Gasteiger partial charge in [-0.2, -0.15) is 0 Å². The number of hydrogen-bond acceptors (Lipinski definition) is 8. The van der Waals surface area contributed by atoms with Crippen molar-refractivity contribution in [1.29, 1.82) is 0 Å². The van der Waals surface area contributed by atoms with Gasteiger partial charge in [0.25, 0.3) is 5.96 Å². The van der Waals surface area contributed by atoms with E-state index in [1.807, 2.05) is 13.8 Å². The predicted octanol–water partition coefficient (Wildman–Crippen LogP) is 0.649. The summed E-state index contributed by atoms with van der Waals surface area (Å²) in [6.07, 6.45) is 0.556. The Morgan fingerprint density at radius 1 is 1.19 bits per heavy atom. The highest BCUT2D eigenvalue weighted by Gasteiger charge is 2.32. The first-order valence-corrected chi connectivity index (χ1v) is 13.1. The fourth-order valence-corrected chi connectivity index (χ4v) is 5.68. The quantitative estimate of drug-likeness (QED) is 0.0627. The van der Waals surface area contributed by atoms with Gasteiger partial charge < -0.3 is 21.1 Å². The Morgan fingerprint density at radius 2 is 1.86 bits per heavy atom. The van der Waals surface area contributed by atoms with Crippen molar-refractivity contribution in [2.45, 2.75) is 43.9 Å². The van der Waals surface area contributed by atoms with E-state index in [0.717, 1.165) is 5.39 Å². The van der Waals surface area contributed by atoms with Gasteiger partial charge in [0.15, 0.2) is 14.9 Å². The number of hydrogen-bond donors (Lipinski definition) is 5. The van der Waals surface area contributed by atoms with Gasteiger partial charge in [-0.15, -0.1) is 0 Å². The van der Waals surface area contributed by atoms with Gasteiger partial charge in [0.1, 0.15) is 0 Å². The summed E-state index contributed by atoms with van der Waals surface area (Å²) in [5.41, 5.74) is 7.10. The summed E-state index contributed by atoms with van der Waals surface area (Å²) >= 11 is 0. The molecule has 6 N–H and O–H groups in total. The van der Waals surface area contributed by atoms with Gasteiger partial charge >= 0.3 is 7.12 Å². The maximum atomic E-state index is 13.4. The minimum Gasteiger partial charge on any atom is -0.426 e. The molecule has 0 saturated carbocycles. The van der Waals surface area contributed by atoms with Crippen LogP contribution >= 0.6 is 0 Å². The minimum atomic E-state index is -3.93. The Balaban J connectivity index is 2.27. The Morgan fingerprint density at radius 3 is 2.50 bits per heavy atom. The number of nitrogens with zero attached hydrogens (tertiary/aromatic N) is 2. The lowest BCUT2D eigenvalue weighted by Gasteiger charge is -2.23. The molecular weight excluding hydrogens is 489 g/mol. The molecule has 0 radical (unpaired) electrons. The number of sulfone groups is 1. The van der Waals surface area contributed by atoms with Gasteiger partial charge in [0.2, 0.25) is 5.91 Å². The molecule has 14 heteroatoms. The molecule has 2 atom stereocenters. The molecule has 0 aliphatic rings. The second-order valence-corrected chi connectivity index (χ2v) is 10.9. The summed E-state index contributed by atoms with van der Waals surface area (Å²) in [7, 11) is -5.74. The summed E-state index contributed by atoms with van der Waals surface area (Å²) in [5.74, 6) is -3.54. The van der Waals surface area contributed by atoms with E-state index in [2.05, 4.69) is 10.3 Å². The summed E-state index contributed by atoms with van der Waals surface area (Å²) in [4.78, 5) is 27.5. The Bertz CT molecular complexity index is 1190. The number of nitro groups is 1. The zero-order valence-electron chi connectivity index (χ0n) is 20.2. The van der Waals surface area contributed by atoms with E-state index < -0.39 is 51.5 Å². The highest BCUT2D eigenvalue weighted by Crippen LogP contribution is 2.26. The molecule has 12 nitrogen and oxygen atoms in total. The van der Waals surface area contributed by atoms with Gasteiger partial charge in [0, 0.05) is 11.9 Å². The van der Waals surface area contributed by atoms with Crippen LogP contribution in [0.1, 0.15) is 33.1 Å². The number of nitrogens with one attached hydrogen (secondary N) is 2. The van der Waals surface area contributed by atoms with Gasteiger partial charge in [-0.1, -0.05) is 55.7 Å². The van der Waals surface area contributed by atoms with Crippen molar-refractivity contribution in [1.82, 2.24) is 10.7 Å². The first-order chi connectivity index (χ1) is 16.9. The molecule has 1 amide bonds. The topological polar surface area (TPSA) is 197 Å². The zero-order valence-corrected chi connectivity index (χ0v) is 21.0. The number of carbonyl (C=O) groups excluding carboxylic acids is 1. The molecule has 0 unspecified atom stereocenters. The van der Waals surface area contributed by atoms with Crippen molar-refractivity contribution >= 4 is 39.6 Å². The highest BCUT2D eigenvalue weighted by molar-refractivity contribution is 7.91. The van der Waals surface area contributed by atoms with Crippen LogP contribution in [0.5, 0.6) is 0 Å². The number of guanidine groups is 1. The standard InChI is InChI=1S/C22H32BN5O7S/c1-15(2)13-20(23(30)31)26-21(29)17(9-6-12-25-22(24)27-28(32)33)14-36(34,35)19-11-5-8-16-7-3-4-10-18(16)19/h3-5,7-8,10-11,15,17,20,30-31H,6,9,12-14H2,1-2H3,(H,26,29)(H3,24,25,27)/t17-,20+/m1/s1. The third-order valence-electron chi connectivity index (χ3n) is 5.49. The van der Waals surface area contributed by atoms with Crippen molar-refractivity contribution in [3.8, 4) is 0 Å². The molecule has 2 rings (SSSR count). The van der Waals surface area contributed by atoms with Crippen molar-refractivity contribution in [2.75, 3.05) is 12.3 Å². The molecular formula is C22H32BN5O7S. The van der Waals surface area contributed by atoms with E-state index in [4.69, 9.17) is 5.73 Å². The third-order valence-corrected chi connectivity index (χ3v) is 7.35. The van der Waals surface area contributed by atoms with Crippen LogP contribution in [0, 0.1) is 22.0 Å². The van der Waals surface area contributed by atoms with Crippen LogP contribution in [-0.4, -0.2) is 60.7 Å². The summed E-state index contributed by atoms with van der Waals surface area (Å²) in [6.45, 7) is 3.72. The lowest BCUT2D eigenvalue weighted by Crippen LogP contribution is -2.50. The van der Waals surface area contributed by atoms with Crippen LogP contribution in [0.3, 0.4) is 0 Å². The molecule has 0 aliphatic carbocycles. The summed E-state index contributed by atoms with van der Waals surface area (Å²) < 4.78 is 26.8. The van der Waals surface area contributed by atoms with E-state index in [0.29, 0.717) is 5.39 Å². The molecule has 36 heavy (non-hydrogen) atoms. The number of carbonyl (C=O) groups is 1. The Hall–Kier alpha value is -3.23. The van der Waals surface area contributed by atoms with Crippen molar-refractivity contribution in [3.05, 3.63) is 52.6 Å². The molecule has 0 spiro atoms. The lowest BCUT2D eigenvalue weighted by atomic mass is 9.75. The number of benzene rings is 2. The minimum absolute atomic E-state index is 0.0167. The molecule has 0 fully saturated rings.